The first kappa shape index (κ1) is 9.98. The summed E-state index contributed by atoms with van der Waals surface area (Å²) < 4.78 is 0. The molecule has 2 amide bonds. The van der Waals surface area contributed by atoms with E-state index in [4.69, 9.17) is 5.73 Å². The van der Waals surface area contributed by atoms with Crippen LogP contribution < -0.4 is 11.1 Å². The monoisotopic (exact) mass is 190 g/mol. The van der Waals surface area contributed by atoms with E-state index in [9.17, 15) is 9.59 Å². The molecule has 72 valence electrons. The molecule has 4 nitrogen and oxygen atoms in total. The number of aldehydes is 1. The van der Waals surface area contributed by atoms with Crippen molar-refractivity contribution in [2.24, 2.45) is 5.73 Å². The van der Waals surface area contributed by atoms with E-state index in [2.05, 4.69) is 5.32 Å². The molecule has 0 heterocycles. The van der Waals surface area contributed by atoms with Gasteiger partial charge in [0.25, 0.3) is 0 Å². The maximum atomic E-state index is 10.5. The van der Waals surface area contributed by atoms with Gasteiger partial charge in [0.1, 0.15) is 6.29 Å². The molecule has 1 aromatic carbocycles. The number of hydrogen-bond donors (Lipinski definition) is 2. The SMILES string of the molecule is NC(=O)Nc1cccc(C=CC=O)c1. The molecule has 0 atom stereocenters. The molecule has 1 rings (SSSR count). The van der Waals surface area contributed by atoms with Gasteiger partial charge in [0.15, 0.2) is 0 Å². The van der Waals surface area contributed by atoms with E-state index in [0.29, 0.717) is 12.0 Å². The zero-order valence-electron chi connectivity index (χ0n) is 7.44. The Hall–Kier alpha value is -2.10. The molecule has 4 heteroatoms. The van der Waals surface area contributed by atoms with Gasteiger partial charge in [-0.1, -0.05) is 18.2 Å². The zero-order chi connectivity index (χ0) is 10.4. The number of nitrogens with one attached hydrogen (secondary N) is 1. The van der Waals surface area contributed by atoms with E-state index < -0.39 is 6.03 Å². The van der Waals surface area contributed by atoms with Crippen molar-refractivity contribution in [3.63, 3.8) is 0 Å². The second kappa shape index (κ2) is 4.81. The molecule has 0 radical (unpaired) electrons. The lowest BCUT2D eigenvalue weighted by Crippen LogP contribution is -2.19. The van der Waals surface area contributed by atoms with E-state index in [1.165, 1.54) is 6.08 Å². The number of nitrogens with two attached hydrogens (primary N) is 1. The van der Waals surface area contributed by atoms with E-state index in [1.54, 1.807) is 24.3 Å². The van der Waals surface area contributed by atoms with Crippen LogP contribution in [0.4, 0.5) is 10.5 Å². The topological polar surface area (TPSA) is 72.2 Å². The number of carbonyl (C=O) groups excluding carboxylic acids is 2. The summed E-state index contributed by atoms with van der Waals surface area (Å²) in [5.41, 5.74) is 6.38. The number of hydrogen-bond acceptors (Lipinski definition) is 2. The van der Waals surface area contributed by atoms with Gasteiger partial charge >= 0.3 is 6.03 Å². The number of amides is 2. The Labute approximate surface area is 81.4 Å². The van der Waals surface area contributed by atoms with Crippen molar-refractivity contribution in [3.8, 4) is 0 Å². The van der Waals surface area contributed by atoms with Crippen LogP contribution in [0.1, 0.15) is 5.56 Å². The van der Waals surface area contributed by atoms with Crippen LogP contribution in [0.5, 0.6) is 0 Å². The van der Waals surface area contributed by atoms with Gasteiger partial charge in [-0.25, -0.2) is 4.79 Å². The van der Waals surface area contributed by atoms with E-state index in [-0.39, 0.29) is 0 Å². The van der Waals surface area contributed by atoms with Crippen molar-refractivity contribution in [1.29, 1.82) is 0 Å². The first-order valence-corrected chi connectivity index (χ1v) is 4.01. The number of allylic oxidation sites excluding steroid dienone is 1. The van der Waals surface area contributed by atoms with Crippen molar-refractivity contribution in [2.45, 2.75) is 0 Å². The van der Waals surface area contributed by atoms with Crippen molar-refractivity contribution in [1.82, 2.24) is 0 Å². The number of benzene rings is 1. The van der Waals surface area contributed by atoms with Gasteiger partial charge in [0.05, 0.1) is 0 Å². The highest BCUT2D eigenvalue weighted by atomic mass is 16.2. The minimum atomic E-state index is -0.610. The lowest BCUT2D eigenvalue weighted by Gasteiger charge is -2.01. The van der Waals surface area contributed by atoms with Crippen molar-refractivity contribution >= 4 is 24.1 Å². The van der Waals surface area contributed by atoms with Crippen LogP contribution in [-0.4, -0.2) is 12.3 Å². The largest absolute Gasteiger partial charge is 0.351 e. The quantitative estimate of drug-likeness (QED) is 0.558. The summed E-state index contributed by atoms with van der Waals surface area (Å²) in [4.78, 5) is 20.6. The molecule has 0 spiro atoms. The first-order valence-electron chi connectivity index (χ1n) is 4.01. The van der Waals surface area contributed by atoms with Gasteiger partial charge in [-0.15, -0.1) is 0 Å². The fourth-order valence-corrected chi connectivity index (χ4v) is 1.01. The van der Waals surface area contributed by atoms with Crippen LogP contribution in [0.15, 0.2) is 30.3 Å². The average molecular weight is 190 g/mol. The molecule has 0 saturated carbocycles. The van der Waals surface area contributed by atoms with E-state index in [1.807, 2.05) is 6.07 Å². The second-order valence-electron chi connectivity index (χ2n) is 2.61. The first-order chi connectivity index (χ1) is 6.72. The van der Waals surface area contributed by atoms with Gasteiger partial charge in [-0.2, -0.15) is 0 Å². The highest BCUT2D eigenvalue weighted by molar-refractivity contribution is 5.88. The maximum Gasteiger partial charge on any atom is 0.316 e. The summed E-state index contributed by atoms with van der Waals surface area (Å²) in [6.45, 7) is 0. The van der Waals surface area contributed by atoms with Gasteiger partial charge in [-0.05, 0) is 23.8 Å². The minimum Gasteiger partial charge on any atom is -0.351 e. The second-order valence-corrected chi connectivity index (χ2v) is 2.61. The summed E-state index contributed by atoms with van der Waals surface area (Å²) in [6.07, 6.45) is 3.71. The molecule has 0 aliphatic rings. The highest BCUT2D eigenvalue weighted by Gasteiger charge is 1.95. The molecule has 0 aliphatic carbocycles. The summed E-state index contributed by atoms with van der Waals surface area (Å²) in [6, 6.07) is 6.39. The Morgan fingerprint density at radius 2 is 2.21 bits per heavy atom. The lowest BCUT2D eigenvalue weighted by atomic mass is 10.2. The maximum absolute atomic E-state index is 10.5. The molecule has 0 fully saturated rings. The Balaban J connectivity index is 2.83. The van der Waals surface area contributed by atoms with Crippen LogP contribution in [0.3, 0.4) is 0 Å². The third-order valence-electron chi connectivity index (χ3n) is 1.52. The third kappa shape index (κ3) is 3.10. The fourth-order valence-electron chi connectivity index (χ4n) is 1.01. The van der Waals surface area contributed by atoms with Gasteiger partial charge in [-0.3, -0.25) is 4.79 Å². The Morgan fingerprint density at radius 3 is 2.86 bits per heavy atom. The molecule has 0 saturated heterocycles. The predicted octanol–water partition coefficient (Wildman–Crippen LogP) is 1.39. The summed E-state index contributed by atoms with van der Waals surface area (Å²) in [5.74, 6) is 0. The minimum absolute atomic E-state index is 0.602. The molecular weight excluding hydrogens is 180 g/mol. The molecule has 3 N–H and O–H groups in total. The smallest absolute Gasteiger partial charge is 0.316 e. The molecule has 1 aromatic rings. The van der Waals surface area contributed by atoms with E-state index in [0.717, 1.165) is 5.56 Å². The lowest BCUT2D eigenvalue weighted by molar-refractivity contribution is -0.104. The zero-order valence-corrected chi connectivity index (χ0v) is 7.44. The van der Waals surface area contributed by atoms with E-state index >= 15 is 0 Å². The molecule has 0 aromatic heterocycles. The predicted molar refractivity (Wildman–Crippen MR) is 54.7 cm³/mol. The standard InChI is InChI=1S/C10H10N2O2/c11-10(14)12-9-5-1-3-8(7-9)4-2-6-13/h1-7H,(H3,11,12,14). The van der Waals surface area contributed by atoms with Crippen LogP contribution in [0.25, 0.3) is 6.08 Å². The van der Waals surface area contributed by atoms with Crippen LogP contribution in [0, 0.1) is 0 Å². The summed E-state index contributed by atoms with van der Waals surface area (Å²) >= 11 is 0. The summed E-state index contributed by atoms with van der Waals surface area (Å²) in [7, 11) is 0. The van der Waals surface area contributed by atoms with Gasteiger partial charge in [0, 0.05) is 5.69 Å². The molecular formula is C10H10N2O2. The molecule has 0 aliphatic heterocycles. The average Bonchev–Trinajstić information content (AvgIpc) is 2.14. The normalized spacial score (nSPS) is 10.0. The van der Waals surface area contributed by atoms with Gasteiger partial charge in [0.2, 0.25) is 0 Å². The van der Waals surface area contributed by atoms with Crippen LogP contribution in [-0.2, 0) is 4.79 Å². The Kier molecular flexibility index (Phi) is 3.43. The number of anilines is 1. The Morgan fingerprint density at radius 1 is 1.43 bits per heavy atom. The highest BCUT2D eigenvalue weighted by Crippen LogP contribution is 2.11. The number of carbonyl (C=O) groups is 2. The number of primary amides is 1. The molecule has 0 unspecified atom stereocenters. The van der Waals surface area contributed by atoms with Crippen molar-refractivity contribution < 1.29 is 9.59 Å². The van der Waals surface area contributed by atoms with Crippen LogP contribution in [0.2, 0.25) is 0 Å². The Bertz CT molecular complexity index is 372. The summed E-state index contributed by atoms with van der Waals surface area (Å²) in [5, 5.41) is 2.44. The third-order valence-corrected chi connectivity index (χ3v) is 1.52. The number of urea groups is 1. The fraction of sp³-hybridized carbons (Fsp3) is 0. The number of rotatable bonds is 3. The molecule has 0 bridgehead atoms. The van der Waals surface area contributed by atoms with Crippen molar-refractivity contribution in [3.05, 3.63) is 35.9 Å². The van der Waals surface area contributed by atoms with Crippen molar-refractivity contribution in [2.75, 3.05) is 5.32 Å². The van der Waals surface area contributed by atoms with Crippen LogP contribution >= 0.6 is 0 Å². The molecule has 14 heavy (non-hydrogen) atoms. The van der Waals surface area contributed by atoms with Gasteiger partial charge < -0.3 is 11.1 Å².